The number of amides is 15. The number of carbonyl (C=O) groups is 16. The van der Waals surface area contributed by atoms with Gasteiger partial charge in [0.2, 0.25) is 64.5 Å². The lowest BCUT2D eigenvalue weighted by Crippen LogP contribution is -2.32. The maximum Gasteiger partial charge on any atom is 0.292 e. The largest absolute Gasteiger partial charge is 0.356 e. The Kier molecular flexibility index (Phi) is 31.6. The summed E-state index contributed by atoms with van der Waals surface area (Å²) in [6.45, 7) is 1.58. The second-order valence-corrected chi connectivity index (χ2v) is 30.1. The van der Waals surface area contributed by atoms with E-state index in [0.717, 1.165) is 13.0 Å². The Morgan fingerprint density at radius 2 is 0.562 bits per heavy atom. The van der Waals surface area contributed by atoms with Crippen molar-refractivity contribution in [1.82, 2.24) is 107 Å². The van der Waals surface area contributed by atoms with Crippen LogP contribution in [0.5, 0.6) is 0 Å². The molecule has 0 aromatic carbocycles. The van der Waals surface area contributed by atoms with E-state index in [1.54, 1.807) is 66.2 Å². The van der Waals surface area contributed by atoms with Crippen molar-refractivity contribution in [3.63, 3.8) is 0 Å². The molecule has 678 valence electrons. The standard InChI is InChI=1S/C80H102N32O16/c1-102(2)28-14-23-82-62(115)17-25-85-73(121)53-33-49(39-106(53)6)91-79(127)70-100-60(44-112(70)12)101-80(128)71-99-59(43-111(71)11)95-66(119)20-27-87-75(123)54-34-48(38-107(54)7)90-77(125)68-97-57(41-109(68)9)92-63(116)15-13-22-84-72(120)51-32-47(37-105(51)5)89-78(126)69-98-58(42-110(69)10)94-65(118)19-26-86-74(122)52-31-46(36-104(52)4)88-76(124)50-29-45(35-103(50)3)30-55(113)67-96-56(40-108(67)8)93-64(117)18-24-83-61(114)16-21-81/h29,31-44H,13-28,30,81H2,1-12H3,(H,82,115)(H,83,114)(H,84,120)(H,85,121)(H,86,122)(H,87,123)(H,88,124)(H,89,126)(H,90,125)(H,91,127)(H,92,116)(H,93,117)(H,94,118)(H,95,119)(H,101,128). The molecule has 15 amide bonds. The number of nitrogens with two attached hydrogens (primary N) is 1. The average molecular weight is 1770 g/mol. The van der Waals surface area contributed by atoms with Crippen LogP contribution in [0, 0.1) is 0 Å². The second-order valence-electron chi connectivity index (χ2n) is 30.1. The summed E-state index contributed by atoms with van der Waals surface area (Å²) < 4.78 is 14.5. The number of hydrogen-bond donors (Lipinski definition) is 16. The lowest BCUT2D eigenvalue weighted by Gasteiger charge is -2.10. The molecule has 48 nitrogen and oxygen atoms in total. The number of nitrogens with zero attached hydrogens (tertiary/aromatic N) is 16. The topological polar surface area (TPSA) is 597 Å². The second kappa shape index (κ2) is 42.9. The molecule has 0 aliphatic heterocycles. The molecule has 0 bridgehead atoms. The number of rotatable bonds is 43. The van der Waals surface area contributed by atoms with Crippen LogP contribution in [0.1, 0.15) is 162 Å². The van der Waals surface area contributed by atoms with Gasteiger partial charge in [0.1, 0.15) is 28.5 Å². The van der Waals surface area contributed by atoms with Crippen LogP contribution in [0.4, 0.5) is 51.8 Å². The van der Waals surface area contributed by atoms with Crippen LogP contribution in [0.15, 0.2) is 92.3 Å². The van der Waals surface area contributed by atoms with Gasteiger partial charge in [-0.3, -0.25) is 76.7 Å². The molecule has 0 radical (unpaired) electrons. The predicted molar refractivity (Wildman–Crippen MR) is 465 cm³/mol. The Balaban J connectivity index is 0.586. The Labute approximate surface area is 731 Å². The summed E-state index contributed by atoms with van der Waals surface area (Å²) in [5, 5.41) is 40.1. The third kappa shape index (κ3) is 25.9. The van der Waals surface area contributed by atoms with Crippen molar-refractivity contribution in [3.05, 3.63) is 155 Å². The molecule has 0 fully saturated rings. The molecule has 128 heavy (non-hydrogen) atoms. The number of nitrogens with one attached hydrogen (secondary N) is 15. The highest BCUT2D eigenvalue weighted by atomic mass is 16.2. The van der Waals surface area contributed by atoms with Gasteiger partial charge in [0.15, 0.2) is 34.9 Å². The Bertz CT molecular complexity index is 5900. The van der Waals surface area contributed by atoms with Crippen molar-refractivity contribution in [2.24, 2.45) is 76.2 Å². The highest BCUT2D eigenvalue weighted by Gasteiger charge is 2.27. The molecule has 0 atom stereocenters. The Morgan fingerprint density at radius 1 is 0.281 bits per heavy atom. The first-order valence-electron chi connectivity index (χ1n) is 40.1. The zero-order valence-corrected chi connectivity index (χ0v) is 72.4. The number of anilines is 9. The quantitative estimate of drug-likeness (QED) is 0.0181. The minimum atomic E-state index is -0.720. The minimum Gasteiger partial charge on any atom is -0.356 e. The molecular formula is C80H102N32O16. The molecule has 0 saturated carbocycles. The van der Waals surface area contributed by atoms with Crippen LogP contribution >= 0.6 is 0 Å². The van der Waals surface area contributed by atoms with Crippen LogP contribution in [0.3, 0.4) is 0 Å². The lowest BCUT2D eigenvalue weighted by molar-refractivity contribution is -0.122. The Morgan fingerprint density at radius 3 is 0.938 bits per heavy atom. The highest BCUT2D eigenvalue weighted by molar-refractivity contribution is 6.09. The van der Waals surface area contributed by atoms with Gasteiger partial charge in [-0.05, 0) is 69.4 Å². The number of aryl methyl sites for hydroxylation is 10. The van der Waals surface area contributed by atoms with E-state index < -0.39 is 76.8 Å². The molecule has 10 aromatic heterocycles. The average Bonchev–Trinajstić information content (AvgIpc) is 1.68. The first-order valence-corrected chi connectivity index (χ1v) is 40.1. The Hall–Kier alpha value is -15.9. The maximum absolute atomic E-state index is 13.5. The van der Waals surface area contributed by atoms with Gasteiger partial charge in [-0.1, -0.05) is 0 Å². The summed E-state index contributed by atoms with van der Waals surface area (Å²) >= 11 is 0. The third-order valence-corrected chi connectivity index (χ3v) is 19.3. The van der Waals surface area contributed by atoms with Crippen molar-refractivity contribution < 1.29 is 76.7 Å². The molecule has 10 heterocycles. The van der Waals surface area contributed by atoms with Gasteiger partial charge in [-0.15, -0.1) is 0 Å². The first kappa shape index (κ1) is 94.3. The number of Topliss-reactive ketones (excluding diaryl/α,β-unsaturated/α-hetero) is 1. The van der Waals surface area contributed by atoms with Crippen LogP contribution in [0.2, 0.25) is 0 Å². The van der Waals surface area contributed by atoms with E-state index in [1.807, 2.05) is 19.0 Å². The summed E-state index contributed by atoms with van der Waals surface area (Å²) in [4.78, 5) is 232. The van der Waals surface area contributed by atoms with E-state index in [1.165, 1.54) is 142 Å². The van der Waals surface area contributed by atoms with Gasteiger partial charge in [-0.25, -0.2) is 24.9 Å². The molecule has 17 N–H and O–H groups in total. The third-order valence-electron chi connectivity index (χ3n) is 19.3. The normalized spacial score (nSPS) is 11.0. The van der Waals surface area contributed by atoms with Gasteiger partial charge in [0.25, 0.3) is 53.2 Å². The van der Waals surface area contributed by atoms with Crippen LogP contribution in [-0.4, -0.2) is 236 Å². The SMILES string of the molecule is CN(C)CCCNC(=O)CCNC(=O)c1cc(NC(=O)c2nc(NC(=O)c3nc(NC(=O)CCNC(=O)c4cc(NC(=O)c5nc(NC(=O)CCCNC(=O)c6cc(NC(=O)c7nc(NC(=O)CCNC(=O)c8cc(NC(=O)c9cc(CC(=O)c%10nc(NC(=O)CCNC(=O)CCN)cn%10C)cn9C)cn8C)cn7C)cn6C)cn5C)cn4C)cn3C)cn2C)cn1C. The number of aromatic nitrogens is 15. The zero-order chi connectivity index (χ0) is 92.9. The maximum atomic E-state index is 13.5. The zero-order valence-electron chi connectivity index (χ0n) is 72.4. The summed E-state index contributed by atoms with van der Waals surface area (Å²) in [5.74, 6) is -8.20. The number of ketones is 1. The summed E-state index contributed by atoms with van der Waals surface area (Å²) in [7, 11) is 19.6. The molecule has 10 rings (SSSR count). The molecule has 10 aromatic rings. The monoisotopic (exact) mass is 1770 g/mol. The van der Waals surface area contributed by atoms with Gasteiger partial charge in [-0.2, -0.15) is 0 Å². The number of carbonyl (C=O) groups excluding carboxylic acids is 16. The van der Waals surface area contributed by atoms with E-state index >= 15 is 0 Å². The van der Waals surface area contributed by atoms with E-state index in [9.17, 15) is 76.7 Å². The molecule has 0 spiro atoms. The highest BCUT2D eigenvalue weighted by Crippen LogP contribution is 2.23. The van der Waals surface area contributed by atoms with Gasteiger partial charge >= 0.3 is 0 Å². The van der Waals surface area contributed by atoms with Crippen molar-refractivity contribution >= 4 is 146 Å². The van der Waals surface area contributed by atoms with Crippen molar-refractivity contribution in [1.29, 1.82) is 0 Å². The van der Waals surface area contributed by atoms with Crippen LogP contribution in [-0.2, 0) is 106 Å². The number of imidazole rings is 5. The summed E-state index contributed by atoms with van der Waals surface area (Å²) in [6, 6.07) is 7.31. The molecule has 0 saturated heterocycles. The summed E-state index contributed by atoms with van der Waals surface area (Å²) in [6.07, 6.45) is 15.4. The van der Waals surface area contributed by atoms with Crippen molar-refractivity contribution in [2.45, 2.75) is 57.8 Å². The van der Waals surface area contributed by atoms with Crippen LogP contribution < -0.4 is 85.5 Å². The lowest BCUT2D eigenvalue weighted by atomic mass is 10.1. The molecule has 0 aliphatic carbocycles. The fourth-order valence-corrected chi connectivity index (χ4v) is 13.1. The molecule has 0 aliphatic rings. The smallest absolute Gasteiger partial charge is 0.292 e. The van der Waals surface area contributed by atoms with Gasteiger partial charge in [0.05, 0.1) is 22.7 Å². The van der Waals surface area contributed by atoms with E-state index in [0.29, 0.717) is 12.1 Å². The van der Waals surface area contributed by atoms with Crippen molar-refractivity contribution in [2.75, 3.05) is 114 Å². The van der Waals surface area contributed by atoms with Crippen LogP contribution in [0.25, 0.3) is 0 Å². The van der Waals surface area contributed by atoms with Gasteiger partial charge < -0.3 is 136 Å². The van der Waals surface area contributed by atoms with Gasteiger partial charge in [0, 0.05) is 223 Å². The van der Waals surface area contributed by atoms with Crippen molar-refractivity contribution in [3.8, 4) is 0 Å². The van der Waals surface area contributed by atoms with E-state index in [-0.39, 0.29) is 218 Å². The fourth-order valence-electron chi connectivity index (χ4n) is 13.1. The van der Waals surface area contributed by atoms with E-state index in [4.69, 9.17) is 5.73 Å². The molecular weight excluding hydrogens is 1670 g/mol. The minimum absolute atomic E-state index is 0.00736. The van der Waals surface area contributed by atoms with E-state index in [2.05, 4.69) is 105 Å². The fraction of sp³-hybridized carbons (Fsp3) is 0.362. The molecule has 0 unspecified atom stereocenters. The number of hydrogen-bond acceptors (Lipinski definition) is 23. The predicted octanol–water partition coefficient (Wildman–Crippen LogP) is 0.381. The first-order chi connectivity index (χ1) is 60.8. The summed E-state index contributed by atoms with van der Waals surface area (Å²) in [5.41, 5.74) is 7.81. The molecule has 48 heteroatoms.